The minimum absolute atomic E-state index is 0.399. The lowest BCUT2D eigenvalue weighted by molar-refractivity contribution is -0.0695. The van der Waals surface area contributed by atoms with E-state index in [2.05, 4.69) is 0 Å². The molecule has 2 unspecified atom stereocenters. The fourth-order valence-electron chi connectivity index (χ4n) is 2.47. The third-order valence-electron chi connectivity index (χ3n) is 3.34. The molecule has 2 atom stereocenters. The predicted octanol–water partition coefficient (Wildman–Crippen LogP) is 2.90. The number of hydrogen-bond donors (Lipinski definition) is 0. The van der Waals surface area contributed by atoms with E-state index in [0.717, 1.165) is 13.2 Å². The Morgan fingerprint density at radius 2 is 1.07 bits per heavy atom. The van der Waals surface area contributed by atoms with Crippen LogP contribution in [-0.2, 0) is 9.47 Å². The largest absolute Gasteiger partial charge is 0.376 e. The van der Waals surface area contributed by atoms with Crippen LogP contribution in [0.15, 0.2) is 0 Å². The van der Waals surface area contributed by atoms with Crippen LogP contribution in [0.2, 0.25) is 0 Å². The topological polar surface area (TPSA) is 18.5 Å². The standard InChI is InChI=1S/C12H22O2/c1-3-7-11(13-9-5-1)12-8-4-2-6-10-14-12/h11-12H,1-10H2. The second-order valence-electron chi connectivity index (χ2n) is 4.52. The van der Waals surface area contributed by atoms with Crippen molar-refractivity contribution in [2.24, 2.45) is 0 Å². The molecule has 0 saturated carbocycles. The molecule has 2 heteroatoms. The van der Waals surface area contributed by atoms with Crippen LogP contribution in [-0.4, -0.2) is 25.4 Å². The molecule has 2 saturated heterocycles. The van der Waals surface area contributed by atoms with E-state index < -0.39 is 0 Å². The van der Waals surface area contributed by atoms with Crippen molar-refractivity contribution in [3.8, 4) is 0 Å². The van der Waals surface area contributed by atoms with Gasteiger partial charge in [0.1, 0.15) is 0 Å². The molecule has 0 aliphatic carbocycles. The summed E-state index contributed by atoms with van der Waals surface area (Å²) in [6.45, 7) is 1.90. The van der Waals surface area contributed by atoms with Gasteiger partial charge < -0.3 is 9.47 Å². The molecule has 82 valence electrons. The van der Waals surface area contributed by atoms with Gasteiger partial charge in [0.25, 0.3) is 0 Å². The molecular weight excluding hydrogens is 176 g/mol. The molecule has 0 amide bonds. The second-order valence-corrected chi connectivity index (χ2v) is 4.52. The van der Waals surface area contributed by atoms with Crippen molar-refractivity contribution < 1.29 is 9.47 Å². The number of ether oxygens (including phenoxy) is 2. The maximum atomic E-state index is 5.87. The van der Waals surface area contributed by atoms with Gasteiger partial charge in [-0.3, -0.25) is 0 Å². The minimum atomic E-state index is 0.399. The Morgan fingerprint density at radius 3 is 1.57 bits per heavy atom. The highest BCUT2D eigenvalue weighted by atomic mass is 16.5. The summed E-state index contributed by atoms with van der Waals surface area (Å²) in [5.74, 6) is 0. The molecule has 0 aromatic rings. The Labute approximate surface area is 87.0 Å². The van der Waals surface area contributed by atoms with Crippen molar-refractivity contribution in [1.82, 2.24) is 0 Å². The average molecular weight is 198 g/mol. The molecule has 0 aromatic heterocycles. The second kappa shape index (κ2) is 5.72. The molecule has 0 N–H and O–H groups in total. The fourth-order valence-corrected chi connectivity index (χ4v) is 2.47. The van der Waals surface area contributed by atoms with E-state index in [1.165, 1.54) is 51.4 Å². The van der Waals surface area contributed by atoms with Gasteiger partial charge in [0.15, 0.2) is 0 Å². The van der Waals surface area contributed by atoms with Crippen LogP contribution in [0.1, 0.15) is 51.4 Å². The first-order valence-electron chi connectivity index (χ1n) is 6.20. The molecule has 2 aliphatic heterocycles. The summed E-state index contributed by atoms with van der Waals surface area (Å²) in [6, 6.07) is 0. The lowest BCUT2D eigenvalue weighted by Gasteiger charge is -2.24. The Morgan fingerprint density at radius 1 is 0.571 bits per heavy atom. The zero-order valence-electron chi connectivity index (χ0n) is 9.04. The first-order valence-corrected chi connectivity index (χ1v) is 6.20. The molecule has 2 aliphatic rings. The van der Waals surface area contributed by atoms with Gasteiger partial charge in [-0.25, -0.2) is 0 Å². The lowest BCUT2D eigenvalue weighted by atomic mass is 10.0. The van der Waals surface area contributed by atoms with Gasteiger partial charge in [-0.05, 0) is 25.7 Å². The number of hydrogen-bond acceptors (Lipinski definition) is 2. The highest BCUT2D eigenvalue weighted by molar-refractivity contribution is 4.75. The first kappa shape index (κ1) is 10.4. The molecule has 2 fully saturated rings. The van der Waals surface area contributed by atoms with Crippen LogP contribution in [0.25, 0.3) is 0 Å². The zero-order valence-corrected chi connectivity index (χ0v) is 9.04. The van der Waals surface area contributed by atoms with Gasteiger partial charge in [0, 0.05) is 13.2 Å². The van der Waals surface area contributed by atoms with Crippen molar-refractivity contribution in [2.75, 3.05) is 13.2 Å². The van der Waals surface area contributed by atoms with E-state index in [9.17, 15) is 0 Å². The summed E-state index contributed by atoms with van der Waals surface area (Å²) >= 11 is 0. The minimum Gasteiger partial charge on any atom is -0.376 e. The molecule has 2 heterocycles. The SMILES string of the molecule is C1CCOC(C2CCCCCO2)CC1. The van der Waals surface area contributed by atoms with Crippen LogP contribution >= 0.6 is 0 Å². The smallest absolute Gasteiger partial charge is 0.0836 e. The Bertz CT molecular complexity index is 124. The maximum Gasteiger partial charge on any atom is 0.0836 e. The number of rotatable bonds is 1. The molecule has 0 spiro atoms. The van der Waals surface area contributed by atoms with E-state index in [4.69, 9.17) is 9.47 Å². The summed E-state index contributed by atoms with van der Waals surface area (Å²) in [7, 11) is 0. The van der Waals surface area contributed by atoms with Crippen molar-refractivity contribution in [2.45, 2.75) is 63.6 Å². The third kappa shape index (κ3) is 2.96. The monoisotopic (exact) mass is 198 g/mol. The quantitative estimate of drug-likeness (QED) is 0.645. The molecular formula is C12H22O2. The normalized spacial score (nSPS) is 36.0. The molecule has 2 rings (SSSR count). The van der Waals surface area contributed by atoms with Crippen LogP contribution in [0.4, 0.5) is 0 Å². The van der Waals surface area contributed by atoms with E-state index in [0.29, 0.717) is 12.2 Å². The Kier molecular flexibility index (Phi) is 4.26. The summed E-state index contributed by atoms with van der Waals surface area (Å²) in [6.07, 6.45) is 11.0. The van der Waals surface area contributed by atoms with Gasteiger partial charge in [0.2, 0.25) is 0 Å². The van der Waals surface area contributed by atoms with Crippen LogP contribution < -0.4 is 0 Å². The summed E-state index contributed by atoms with van der Waals surface area (Å²) < 4.78 is 11.7. The van der Waals surface area contributed by atoms with Crippen LogP contribution in [0.5, 0.6) is 0 Å². The molecule has 14 heavy (non-hydrogen) atoms. The van der Waals surface area contributed by atoms with E-state index in [-0.39, 0.29) is 0 Å². The Hall–Kier alpha value is -0.0800. The summed E-state index contributed by atoms with van der Waals surface area (Å²) in [5, 5.41) is 0. The first-order chi connectivity index (χ1) is 6.97. The summed E-state index contributed by atoms with van der Waals surface area (Å²) in [4.78, 5) is 0. The third-order valence-corrected chi connectivity index (χ3v) is 3.34. The van der Waals surface area contributed by atoms with E-state index >= 15 is 0 Å². The summed E-state index contributed by atoms with van der Waals surface area (Å²) in [5.41, 5.74) is 0. The molecule has 0 aromatic carbocycles. The van der Waals surface area contributed by atoms with Gasteiger partial charge in [-0.15, -0.1) is 0 Å². The maximum absolute atomic E-state index is 5.87. The van der Waals surface area contributed by atoms with Gasteiger partial charge >= 0.3 is 0 Å². The predicted molar refractivity (Wildman–Crippen MR) is 56.4 cm³/mol. The van der Waals surface area contributed by atoms with Crippen molar-refractivity contribution in [3.05, 3.63) is 0 Å². The molecule has 2 nitrogen and oxygen atoms in total. The Balaban J connectivity index is 1.83. The molecule has 0 radical (unpaired) electrons. The van der Waals surface area contributed by atoms with Crippen LogP contribution in [0, 0.1) is 0 Å². The lowest BCUT2D eigenvalue weighted by Crippen LogP contribution is -2.30. The highest BCUT2D eigenvalue weighted by Gasteiger charge is 2.24. The van der Waals surface area contributed by atoms with Crippen LogP contribution in [0.3, 0.4) is 0 Å². The highest BCUT2D eigenvalue weighted by Crippen LogP contribution is 2.23. The molecule has 0 bridgehead atoms. The van der Waals surface area contributed by atoms with E-state index in [1.807, 2.05) is 0 Å². The van der Waals surface area contributed by atoms with Gasteiger partial charge in [0.05, 0.1) is 12.2 Å². The zero-order chi connectivity index (χ0) is 9.64. The van der Waals surface area contributed by atoms with Gasteiger partial charge in [-0.1, -0.05) is 25.7 Å². The average Bonchev–Trinajstić information content (AvgIpc) is 2.62. The van der Waals surface area contributed by atoms with Crippen molar-refractivity contribution in [3.63, 3.8) is 0 Å². The van der Waals surface area contributed by atoms with Crippen molar-refractivity contribution >= 4 is 0 Å². The van der Waals surface area contributed by atoms with Crippen molar-refractivity contribution in [1.29, 1.82) is 0 Å². The van der Waals surface area contributed by atoms with E-state index in [1.54, 1.807) is 0 Å². The fraction of sp³-hybridized carbons (Fsp3) is 1.00. The van der Waals surface area contributed by atoms with Gasteiger partial charge in [-0.2, -0.15) is 0 Å².